The van der Waals surface area contributed by atoms with Crippen molar-refractivity contribution in [3.63, 3.8) is 0 Å². The van der Waals surface area contributed by atoms with E-state index in [1.165, 1.54) is 0 Å². The Hall–Kier alpha value is -3.02. The van der Waals surface area contributed by atoms with Crippen molar-refractivity contribution in [1.29, 1.82) is 0 Å². The van der Waals surface area contributed by atoms with Gasteiger partial charge in [-0.2, -0.15) is 0 Å². The Labute approximate surface area is 159 Å². The number of rotatable bonds is 7. The molecule has 6 heteroatoms. The maximum absolute atomic E-state index is 12.9. The molecule has 1 N–H and O–H groups in total. The molecule has 27 heavy (non-hydrogen) atoms. The summed E-state index contributed by atoms with van der Waals surface area (Å²) in [5.74, 6) is 1.18. The van der Waals surface area contributed by atoms with E-state index in [1.807, 2.05) is 48.0 Å². The van der Waals surface area contributed by atoms with E-state index in [0.717, 1.165) is 29.6 Å². The lowest BCUT2D eigenvalue weighted by Gasteiger charge is -2.16. The molecule has 0 fully saturated rings. The molecule has 1 aromatic carbocycles. The summed E-state index contributed by atoms with van der Waals surface area (Å²) < 4.78 is 12.7. The second-order valence-corrected chi connectivity index (χ2v) is 6.42. The zero-order valence-corrected chi connectivity index (χ0v) is 16.2. The third-order valence-electron chi connectivity index (χ3n) is 4.60. The lowest BCUT2D eigenvalue weighted by Crippen LogP contribution is -2.26. The lowest BCUT2D eigenvalue weighted by molar-refractivity contribution is 0.0941. The Kier molecular flexibility index (Phi) is 5.64. The van der Waals surface area contributed by atoms with E-state index in [0.29, 0.717) is 17.1 Å². The van der Waals surface area contributed by atoms with Gasteiger partial charge in [0.1, 0.15) is 5.65 Å². The number of amides is 1. The van der Waals surface area contributed by atoms with Crippen LogP contribution in [0.1, 0.15) is 42.2 Å². The highest BCUT2D eigenvalue weighted by Crippen LogP contribution is 2.30. The molecule has 0 saturated carbocycles. The van der Waals surface area contributed by atoms with Gasteiger partial charge in [-0.3, -0.25) is 4.79 Å². The number of pyridine rings is 1. The zero-order valence-electron chi connectivity index (χ0n) is 16.2. The van der Waals surface area contributed by atoms with Gasteiger partial charge in [0, 0.05) is 24.3 Å². The molecule has 0 spiro atoms. The highest BCUT2D eigenvalue weighted by Gasteiger charge is 2.18. The number of aromatic nitrogens is 2. The molecule has 3 rings (SSSR count). The van der Waals surface area contributed by atoms with Crippen molar-refractivity contribution in [3.05, 3.63) is 53.9 Å². The van der Waals surface area contributed by atoms with Gasteiger partial charge < -0.3 is 19.4 Å². The van der Waals surface area contributed by atoms with Gasteiger partial charge in [-0.25, -0.2) is 4.98 Å². The van der Waals surface area contributed by atoms with Crippen LogP contribution in [0.3, 0.4) is 0 Å². The van der Waals surface area contributed by atoms with E-state index in [4.69, 9.17) is 9.47 Å². The average Bonchev–Trinajstić information content (AvgIpc) is 3.06. The summed E-state index contributed by atoms with van der Waals surface area (Å²) >= 11 is 0. The van der Waals surface area contributed by atoms with E-state index in [1.54, 1.807) is 20.4 Å². The second kappa shape index (κ2) is 8.12. The van der Waals surface area contributed by atoms with Gasteiger partial charge in [0.2, 0.25) is 0 Å². The Morgan fingerprint density at radius 1 is 1.22 bits per heavy atom. The summed E-state index contributed by atoms with van der Waals surface area (Å²) in [4.78, 5) is 17.4. The number of carbonyl (C=O) groups is 1. The van der Waals surface area contributed by atoms with Crippen LogP contribution in [0.2, 0.25) is 0 Å². The van der Waals surface area contributed by atoms with Crippen LogP contribution in [-0.2, 0) is 6.54 Å². The zero-order chi connectivity index (χ0) is 19.4. The van der Waals surface area contributed by atoms with Crippen LogP contribution in [0.25, 0.3) is 11.0 Å². The van der Waals surface area contributed by atoms with Crippen molar-refractivity contribution >= 4 is 16.9 Å². The van der Waals surface area contributed by atoms with E-state index in [9.17, 15) is 4.79 Å². The fourth-order valence-electron chi connectivity index (χ4n) is 3.19. The number of hydrogen-bond donors (Lipinski definition) is 1. The number of carbonyl (C=O) groups excluding carboxylic acids is 1. The van der Waals surface area contributed by atoms with Gasteiger partial charge in [-0.05, 0) is 43.2 Å². The van der Waals surface area contributed by atoms with Crippen molar-refractivity contribution in [2.45, 2.75) is 32.9 Å². The summed E-state index contributed by atoms with van der Waals surface area (Å²) in [6.07, 6.45) is 4.61. The van der Waals surface area contributed by atoms with Gasteiger partial charge in [-0.1, -0.05) is 13.0 Å². The summed E-state index contributed by atoms with van der Waals surface area (Å²) in [6.45, 7) is 4.88. The quantitative estimate of drug-likeness (QED) is 0.687. The maximum atomic E-state index is 12.9. The first-order valence-electron chi connectivity index (χ1n) is 9.05. The fourth-order valence-corrected chi connectivity index (χ4v) is 3.19. The van der Waals surface area contributed by atoms with Crippen LogP contribution < -0.4 is 14.8 Å². The largest absolute Gasteiger partial charge is 0.493 e. The topological polar surface area (TPSA) is 65.4 Å². The van der Waals surface area contributed by atoms with Crippen LogP contribution >= 0.6 is 0 Å². The minimum absolute atomic E-state index is 0.120. The smallest absolute Gasteiger partial charge is 0.253 e. The third kappa shape index (κ3) is 3.74. The molecule has 2 heterocycles. The molecule has 6 nitrogen and oxygen atoms in total. The summed E-state index contributed by atoms with van der Waals surface area (Å²) in [5.41, 5.74) is 2.42. The molecule has 0 unspecified atom stereocenters. The molecule has 3 aromatic rings. The number of fused-ring (bicyclic) bond motifs is 1. The molecule has 1 atom stereocenters. The highest BCUT2D eigenvalue weighted by atomic mass is 16.5. The predicted octanol–water partition coefficient (Wildman–Crippen LogP) is 3.95. The first-order valence-corrected chi connectivity index (χ1v) is 9.05. The van der Waals surface area contributed by atoms with Gasteiger partial charge in [0.25, 0.3) is 5.91 Å². The molecule has 0 radical (unpaired) electrons. The SMILES string of the molecule is CCCn1cc(C(=O)N[C@@H](C)c2ccc(OC)c(OC)c2)c2cccnc21. The van der Waals surface area contributed by atoms with Crippen LogP contribution in [0.4, 0.5) is 0 Å². The fraction of sp³-hybridized carbons (Fsp3) is 0.333. The first-order chi connectivity index (χ1) is 13.1. The summed E-state index contributed by atoms with van der Waals surface area (Å²) in [7, 11) is 3.20. The highest BCUT2D eigenvalue weighted by molar-refractivity contribution is 6.06. The Morgan fingerprint density at radius 3 is 2.70 bits per heavy atom. The monoisotopic (exact) mass is 367 g/mol. The van der Waals surface area contributed by atoms with Crippen LogP contribution in [-0.4, -0.2) is 29.7 Å². The minimum atomic E-state index is -0.182. The number of methoxy groups -OCH3 is 2. The average molecular weight is 367 g/mol. The number of nitrogens with one attached hydrogen (secondary N) is 1. The molecule has 2 aromatic heterocycles. The van der Waals surface area contributed by atoms with Crippen molar-refractivity contribution in [1.82, 2.24) is 14.9 Å². The van der Waals surface area contributed by atoms with Gasteiger partial charge in [0.05, 0.1) is 25.8 Å². The normalized spacial score (nSPS) is 12.0. The van der Waals surface area contributed by atoms with Crippen molar-refractivity contribution in [3.8, 4) is 11.5 Å². The number of aryl methyl sites for hydroxylation is 1. The number of nitrogens with zero attached hydrogens (tertiary/aromatic N) is 2. The maximum Gasteiger partial charge on any atom is 0.253 e. The third-order valence-corrected chi connectivity index (χ3v) is 4.60. The molecule has 0 aliphatic carbocycles. The summed E-state index contributed by atoms with van der Waals surface area (Å²) in [6, 6.07) is 9.25. The van der Waals surface area contributed by atoms with Crippen LogP contribution in [0.5, 0.6) is 11.5 Å². The molecule has 0 aliphatic heterocycles. The molecule has 142 valence electrons. The number of hydrogen-bond acceptors (Lipinski definition) is 4. The van der Waals surface area contributed by atoms with Crippen LogP contribution in [0, 0.1) is 0 Å². The predicted molar refractivity (Wildman–Crippen MR) is 105 cm³/mol. The number of ether oxygens (including phenoxy) is 2. The molecule has 0 bridgehead atoms. The Balaban J connectivity index is 1.86. The van der Waals surface area contributed by atoms with Crippen LogP contribution in [0.15, 0.2) is 42.7 Å². The lowest BCUT2D eigenvalue weighted by atomic mass is 10.1. The van der Waals surface area contributed by atoms with Crippen molar-refractivity contribution in [2.75, 3.05) is 14.2 Å². The Bertz CT molecular complexity index is 949. The standard InChI is InChI=1S/C21H25N3O3/c1-5-11-24-13-17(16-7-6-10-22-20(16)24)21(25)23-14(2)15-8-9-18(26-3)19(12-15)27-4/h6-10,12-14H,5,11H2,1-4H3,(H,23,25)/t14-/m0/s1. The first kappa shape index (κ1) is 18.8. The van der Waals surface area contributed by atoms with Crippen molar-refractivity contribution in [2.24, 2.45) is 0 Å². The molecule has 0 aliphatic rings. The van der Waals surface area contributed by atoms with E-state index < -0.39 is 0 Å². The molecule has 1 amide bonds. The minimum Gasteiger partial charge on any atom is -0.493 e. The van der Waals surface area contributed by atoms with E-state index >= 15 is 0 Å². The van der Waals surface area contributed by atoms with Gasteiger partial charge >= 0.3 is 0 Å². The molecular formula is C21H25N3O3. The van der Waals surface area contributed by atoms with Gasteiger partial charge in [-0.15, -0.1) is 0 Å². The van der Waals surface area contributed by atoms with E-state index in [2.05, 4.69) is 17.2 Å². The summed E-state index contributed by atoms with van der Waals surface area (Å²) in [5, 5.41) is 3.94. The second-order valence-electron chi connectivity index (χ2n) is 6.42. The van der Waals surface area contributed by atoms with Crippen molar-refractivity contribution < 1.29 is 14.3 Å². The molecule has 0 saturated heterocycles. The van der Waals surface area contributed by atoms with E-state index in [-0.39, 0.29) is 11.9 Å². The number of benzene rings is 1. The van der Waals surface area contributed by atoms with Gasteiger partial charge in [0.15, 0.2) is 11.5 Å². The Morgan fingerprint density at radius 2 is 2.00 bits per heavy atom. The molecular weight excluding hydrogens is 342 g/mol.